The van der Waals surface area contributed by atoms with Gasteiger partial charge in [0.1, 0.15) is 12.0 Å². The number of carbonyl (C=O) groups is 3. The Hall–Kier alpha value is -1.71. The highest BCUT2D eigenvalue weighted by Gasteiger charge is 2.28. The van der Waals surface area contributed by atoms with Crippen LogP contribution >= 0.6 is 0 Å². The zero-order valence-electron chi connectivity index (χ0n) is 15.7. The number of ketones is 2. The SMILES string of the molecule is CC[C@@H]1OC(=O)[C@H](C)C(=O)/C(C)=C/[C@H](C)C[C@@H](C)C(=O)/C=C/[C@H]1C. The normalized spacial score (nSPS) is 37.2. The molecule has 0 fully saturated rings. The second kappa shape index (κ2) is 8.95. The van der Waals surface area contributed by atoms with Crippen LogP contribution in [0.2, 0.25) is 0 Å². The smallest absolute Gasteiger partial charge is 0.316 e. The van der Waals surface area contributed by atoms with E-state index in [0.29, 0.717) is 18.4 Å². The minimum absolute atomic E-state index is 0.0673. The lowest BCUT2D eigenvalue weighted by Crippen LogP contribution is -2.31. The van der Waals surface area contributed by atoms with Crippen molar-refractivity contribution in [1.29, 1.82) is 0 Å². The van der Waals surface area contributed by atoms with Crippen molar-refractivity contribution in [3.05, 3.63) is 23.8 Å². The summed E-state index contributed by atoms with van der Waals surface area (Å²) in [4.78, 5) is 37.0. The second-order valence-electron chi connectivity index (χ2n) is 7.05. The first-order valence-corrected chi connectivity index (χ1v) is 8.82. The van der Waals surface area contributed by atoms with Gasteiger partial charge in [-0.05, 0) is 44.3 Å². The summed E-state index contributed by atoms with van der Waals surface area (Å²) in [6.07, 6.45) is 6.25. The molecule has 1 aliphatic rings. The zero-order valence-corrected chi connectivity index (χ0v) is 15.7. The van der Waals surface area contributed by atoms with Crippen molar-refractivity contribution < 1.29 is 19.1 Å². The van der Waals surface area contributed by atoms with Crippen molar-refractivity contribution in [1.82, 2.24) is 0 Å². The van der Waals surface area contributed by atoms with Gasteiger partial charge in [0, 0.05) is 11.8 Å². The van der Waals surface area contributed by atoms with Gasteiger partial charge in [0.05, 0.1) is 0 Å². The van der Waals surface area contributed by atoms with E-state index in [1.165, 1.54) is 0 Å². The predicted molar refractivity (Wildman–Crippen MR) is 94.4 cm³/mol. The molecule has 0 N–H and O–H groups in total. The summed E-state index contributed by atoms with van der Waals surface area (Å²) >= 11 is 0. The Labute approximate surface area is 145 Å². The average Bonchev–Trinajstić information content (AvgIpc) is 2.54. The summed E-state index contributed by atoms with van der Waals surface area (Å²) in [5.74, 6) is -1.53. The molecule has 0 unspecified atom stereocenters. The fourth-order valence-electron chi connectivity index (χ4n) is 3.05. The van der Waals surface area contributed by atoms with E-state index in [9.17, 15) is 14.4 Å². The quantitative estimate of drug-likeness (QED) is 0.539. The summed E-state index contributed by atoms with van der Waals surface area (Å²) in [5.41, 5.74) is 0.556. The van der Waals surface area contributed by atoms with Crippen LogP contribution in [0.25, 0.3) is 0 Å². The molecule has 1 heterocycles. The van der Waals surface area contributed by atoms with Gasteiger partial charge in [0.25, 0.3) is 0 Å². The molecule has 1 aliphatic heterocycles. The Kier molecular flexibility index (Phi) is 7.59. The standard InChI is InChI=1S/C20H30O4/c1-7-18-13(3)8-9-17(21)14(4)10-12(2)11-15(5)19(22)16(6)20(23)24-18/h8-9,11-14,16,18H,7,10H2,1-6H3/b9-8+,15-11+/t12-,13-,14-,16-,18+/m1/s1. The highest BCUT2D eigenvalue weighted by atomic mass is 16.5. The Balaban J connectivity index is 3.16. The topological polar surface area (TPSA) is 60.4 Å². The number of ether oxygens (including phenoxy) is 1. The summed E-state index contributed by atoms with van der Waals surface area (Å²) in [7, 11) is 0. The van der Waals surface area contributed by atoms with Crippen molar-refractivity contribution >= 4 is 17.5 Å². The molecule has 5 atom stereocenters. The fraction of sp³-hybridized carbons (Fsp3) is 0.650. The van der Waals surface area contributed by atoms with E-state index in [1.54, 1.807) is 19.9 Å². The molecule has 0 amide bonds. The number of allylic oxidation sites excluding steroid dienone is 3. The molecule has 4 nitrogen and oxygen atoms in total. The molecule has 4 heteroatoms. The predicted octanol–water partition coefficient (Wildman–Crippen LogP) is 3.90. The number of hydrogen-bond donors (Lipinski definition) is 0. The van der Waals surface area contributed by atoms with Gasteiger partial charge in [-0.15, -0.1) is 0 Å². The fourth-order valence-corrected chi connectivity index (χ4v) is 3.05. The van der Waals surface area contributed by atoms with Gasteiger partial charge in [0.2, 0.25) is 0 Å². The monoisotopic (exact) mass is 334 g/mol. The Morgan fingerprint density at radius 3 is 2.33 bits per heavy atom. The maximum absolute atomic E-state index is 12.4. The van der Waals surface area contributed by atoms with Crippen LogP contribution in [0.3, 0.4) is 0 Å². The molecule has 134 valence electrons. The van der Waals surface area contributed by atoms with Gasteiger partial charge < -0.3 is 4.74 Å². The van der Waals surface area contributed by atoms with E-state index < -0.39 is 11.9 Å². The van der Waals surface area contributed by atoms with Gasteiger partial charge >= 0.3 is 5.97 Å². The number of hydrogen-bond acceptors (Lipinski definition) is 4. The van der Waals surface area contributed by atoms with Crippen LogP contribution in [0.1, 0.15) is 54.4 Å². The molecule has 0 spiro atoms. The van der Waals surface area contributed by atoms with Crippen molar-refractivity contribution in [2.24, 2.45) is 23.7 Å². The van der Waals surface area contributed by atoms with Crippen molar-refractivity contribution in [3.8, 4) is 0 Å². The molecule has 0 aliphatic carbocycles. The summed E-state index contributed by atoms with van der Waals surface area (Å²) in [6, 6.07) is 0. The van der Waals surface area contributed by atoms with Crippen LogP contribution < -0.4 is 0 Å². The van der Waals surface area contributed by atoms with Crippen LogP contribution in [-0.2, 0) is 19.1 Å². The number of Topliss-reactive ketones (excluding diaryl/α,β-unsaturated/α-hetero) is 1. The number of rotatable bonds is 1. The number of cyclic esters (lactones) is 1. The highest BCUT2D eigenvalue weighted by Crippen LogP contribution is 2.21. The van der Waals surface area contributed by atoms with Crippen LogP contribution in [0.5, 0.6) is 0 Å². The van der Waals surface area contributed by atoms with E-state index in [-0.39, 0.29) is 35.4 Å². The third kappa shape index (κ3) is 5.43. The molecule has 0 aromatic carbocycles. The minimum Gasteiger partial charge on any atom is -0.461 e. The van der Waals surface area contributed by atoms with E-state index >= 15 is 0 Å². The Bertz CT molecular complexity index is 544. The molecular formula is C20H30O4. The first-order chi connectivity index (χ1) is 11.2. The Morgan fingerprint density at radius 1 is 1.12 bits per heavy atom. The van der Waals surface area contributed by atoms with E-state index in [0.717, 1.165) is 0 Å². The molecular weight excluding hydrogens is 304 g/mol. The third-order valence-corrected chi connectivity index (χ3v) is 4.70. The first kappa shape index (κ1) is 20.3. The highest BCUT2D eigenvalue weighted by molar-refractivity contribution is 6.07. The summed E-state index contributed by atoms with van der Waals surface area (Å²) in [5, 5.41) is 0. The first-order valence-electron chi connectivity index (χ1n) is 8.82. The van der Waals surface area contributed by atoms with Gasteiger partial charge in [0.15, 0.2) is 11.6 Å². The van der Waals surface area contributed by atoms with Gasteiger partial charge in [-0.1, -0.05) is 39.8 Å². The molecule has 0 aromatic heterocycles. The van der Waals surface area contributed by atoms with Crippen LogP contribution in [0.4, 0.5) is 0 Å². The lowest BCUT2D eigenvalue weighted by molar-refractivity contribution is -0.157. The van der Waals surface area contributed by atoms with Gasteiger partial charge in [-0.25, -0.2) is 0 Å². The Morgan fingerprint density at radius 2 is 1.75 bits per heavy atom. The lowest BCUT2D eigenvalue weighted by atomic mass is 9.89. The minimum atomic E-state index is -0.805. The van der Waals surface area contributed by atoms with Crippen molar-refractivity contribution in [2.75, 3.05) is 0 Å². The average molecular weight is 334 g/mol. The molecule has 0 saturated carbocycles. The van der Waals surface area contributed by atoms with E-state index in [4.69, 9.17) is 4.74 Å². The van der Waals surface area contributed by atoms with Crippen LogP contribution in [0.15, 0.2) is 23.8 Å². The largest absolute Gasteiger partial charge is 0.461 e. The molecule has 0 aromatic rings. The number of esters is 1. The molecule has 24 heavy (non-hydrogen) atoms. The van der Waals surface area contributed by atoms with Crippen molar-refractivity contribution in [3.63, 3.8) is 0 Å². The maximum atomic E-state index is 12.4. The third-order valence-electron chi connectivity index (χ3n) is 4.70. The summed E-state index contributed by atoms with van der Waals surface area (Å²) < 4.78 is 5.53. The summed E-state index contributed by atoms with van der Waals surface area (Å²) in [6.45, 7) is 11.1. The van der Waals surface area contributed by atoms with E-state index in [2.05, 4.69) is 0 Å². The van der Waals surface area contributed by atoms with E-state index in [1.807, 2.05) is 39.8 Å². The number of carbonyl (C=O) groups excluding carboxylic acids is 3. The van der Waals surface area contributed by atoms with Gasteiger partial charge in [-0.2, -0.15) is 0 Å². The molecule has 1 rings (SSSR count). The molecule has 0 bridgehead atoms. The second-order valence-corrected chi connectivity index (χ2v) is 7.05. The maximum Gasteiger partial charge on any atom is 0.316 e. The lowest BCUT2D eigenvalue weighted by Gasteiger charge is -2.23. The van der Waals surface area contributed by atoms with Gasteiger partial charge in [-0.3, -0.25) is 14.4 Å². The zero-order chi connectivity index (χ0) is 18.4. The molecule has 0 radical (unpaired) electrons. The molecule has 0 saturated heterocycles. The van der Waals surface area contributed by atoms with Crippen LogP contribution in [0, 0.1) is 23.7 Å². The van der Waals surface area contributed by atoms with Crippen LogP contribution in [-0.4, -0.2) is 23.6 Å². The van der Waals surface area contributed by atoms with Crippen molar-refractivity contribution in [2.45, 2.75) is 60.5 Å².